The molecule has 0 N–H and O–H groups in total. The number of hydrogen-bond acceptors (Lipinski definition) is 4. The van der Waals surface area contributed by atoms with Gasteiger partial charge in [0, 0.05) is 38.1 Å². The molecule has 0 saturated heterocycles. The van der Waals surface area contributed by atoms with Crippen molar-refractivity contribution in [2.75, 3.05) is 16.5 Å². The molecule has 0 bridgehead atoms. The van der Waals surface area contributed by atoms with E-state index in [1.54, 1.807) is 11.8 Å². The van der Waals surface area contributed by atoms with E-state index >= 15 is 0 Å². The van der Waals surface area contributed by atoms with Crippen LogP contribution in [-0.4, -0.2) is 16.2 Å². The second-order valence-corrected chi connectivity index (χ2v) is 13.8. The van der Waals surface area contributed by atoms with Gasteiger partial charge in [0.05, 0.1) is 22.4 Å². The summed E-state index contributed by atoms with van der Waals surface area (Å²) in [6, 6.07) is 54.5. The van der Waals surface area contributed by atoms with E-state index in [0.717, 1.165) is 23.5 Å². The van der Waals surface area contributed by atoms with Crippen molar-refractivity contribution in [2.45, 2.75) is 23.6 Å². The Kier molecular flexibility index (Phi) is 7.21. The van der Waals surface area contributed by atoms with E-state index in [2.05, 4.69) is 180 Å². The summed E-state index contributed by atoms with van der Waals surface area (Å²) in [6.45, 7) is 5.13. The molecule has 8 aromatic rings. The molecular formula is C44H34N4S. The molecule has 0 spiro atoms. The number of para-hydroxylation sites is 4. The lowest BCUT2D eigenvalue weighted by Gasteiger charge is -2.22. The fourth-order valence-corrected chi connectivity index (χ4v) is 8.25. The summed E-state index contributed by atoms with van der Waals surface area (Å²) in [7, 11) is 0. The summed E-state index contributed by atoms with van der Waals surface area (Å²) in [5.74, 6) is 0.922. The Hall–Kier alpha value is -5.78. The quantitative estimate of drug-likeness (QED) is 0.179. The first kappa shape index (κ1) is 29.4. The van der Waals surface area contributed by atoms with Crippen LogP contribution >= 0.6 is 11.8 Å². The minimum atomic E-state index is 0.762. The Morgan fingerprint density at radius 1 is 0.531 bits per heavy atom. The molecule has 236 valence electrons. The Morgan fingerprint density at radius 3 is 2.00 bits per heavy atom. The van der Waals surface area contributed by atoms with Crippen molar-refractivity contribution in [1.82, 2.24) is 9.55 Å². The van der Waals surface area contributed by atoms with Crippen LogP contribution < -0.4 is 9.80 Å². The van der Waals surface area contributed by atoms with Crippen LogP contribution in [0.4, 0.5) is 22.7 Å². The second-order valence-electron chi connectivity index (χ2n) is 12.6. The van der Waals surface area contributed by atoms with Gasteiger partial charge in [-0.3, -0.25) is 4.57 Å². The number of pyridine rings is 1. The molecule has 0 amide bonds. The molecule has 49 heavy (non-hydrogen) atoms. The van der Waals surface area contributed by atoms with Crippen LogP contribution in [0.5, 0.6) is 0 Å². The maximum absolute atomic E-state index is 4.93. The van der Waals surface area contributed by atoms with Crippen molar-refractivity contribution in [3.8, 4) is 16.9 Å². The van der Waals surface area contributed by atoms with E-state index < -0.39 is 0 Å². The molecule has 0 radical (unpaired) electrons. The lowest BCUT2D eigenvalue weighted by molar-refractivity contribution is 0.988. The van der Waals surface area contributed by atoms with Crippen molar-refractivity contribution in [3.05, 3.63) is 169 Å². The minimum Gasteiger partial charge on any atom is -0.321 e. The number of fused-ring (bicyclic) bond motifs is 4. The molecule has 0 atom stereocenters. The molecule has 0 unspecified atom stereocenters. The fourth-order valence-electron chi connectivity index (χ4n) is 7.34. The predicted octanol–water partition coefficient (Wildman–Crippen LogP) is 11.9. The SMILES string of the molecule is Cc1cccc(C)c1-c1ccnc(-n2c3ccccc3c3ccc(Sc4cccc(N5CN(c6ccccc6)c6ccccc65)c4)cc32)c1. The van der Waals surface area contributed by atoms with Gasteiger partial charge in [-0.1, -0.05) is 90.6 Å². The Labute approximate surface area is 290 Å². The number of aromatic nitrogens is 2. The standard InChI is InChI=1S/C44H34N4S/c1-30-12-10-13-31(2)44(30)32-24-25-45-43(26-32)48-39-19-7-6-18-37(39)38-23-22-36(28-42(38)48)49-35-17-11-16-34(27-35)47-29-46(33-14-4-3-5-15-33)40-20-8-9-21-41(40)47/h3-28H,29H2,1-2H3. The lowest BCUT2D eigenvalue weighted by atomic mass is 9.96. The van der Waals surface area contributed by atoms with Gasteiger partial charge in [-0.05, 0) is 109 Å². The van der Waals surface area contributed by atoms with Crippen LogP contribution in [0.15, 0.2) is 168 Å². The highest BCUT2D eigenvalue weighted by atomic mass is 32.2. The van der Waals surface area contributed by atoms with Crippen molar-refractivity contribution in [2.24, 2.45) is 0 Å². The predicted molar refractivity (Wildman–Crippen MR) is 206 cm³/mol. The summed E-state index contributed by atoms with van der Waals surface area (Å²) < 4.78 is 2.32. The third-order valence-corrected chi connectivity index (χ3v) is 10.5. The van der Waals surface area contributed by atoms with Gasteiger partial charge in [0.25, 0.3) is 0 Å². The number of benzene rings is 6. The molecular weight excluding hydrogens is 617 g/mol. The first-order valence-electron chi connectivity index (χ1n) is 16.7. The number of hydrogen-bond donors (Lipinski definition) is 0. The van der Waals surface area contributed by atoms with E-state index in [1.165, 1.54) is 65.6 Å². The zero-order valence-corrected chi connectivity index (χ0v) is 28.2. The van der Waals surface area contributed by atoms with Crippen LogP contribution in [0.2, 0.25) is 0 Å². The van der Waals surface area contributed by atoms with Crippen LogP contribution in [0.1, 0.15) is 11.1 Å². The summed E-state index contributed by atoms with van der Waals surface area (Å²) in [4.78, 5) is 12.1. The largest absolute Gasteiger partial charge is 0.321 e. The summed E-state index contributed by atoms with van der Waals surface area (Å²) in [5, 5.41) is 2.45. The van der Waals surface area contributed by atoms with E-state index in [0.29, 0.717) is 0 Å². The van der Waals surface area contributed by atoms with Gasteiger partial charge in [-0.2, -0.15) is 0 Å². The second kappa shape index (κ2) is 12.0. The topological polar surface area (TPSA) is 24.3 Å². The van der Waals surface area contributed by atoms with Crippen LogP contribution in [-0.2, 0) is 0 Å². The van der Waals surface area contributed by atoms with E-state index in [-0.39, 0.29) is 0 Å². The number of rotatable bonds is 6. The highest BCUT2D eigenvalue weighted by Gasteiger charge is 2.27. The van der Waals surface area contributed by atoms with Gasteiger partial charge < -0.3 is 9.80 Å². The molecule has 5 heteroatoms. The van der Waals surface area contributed by atoms with Crippen molar-refractivity contribution in [1.29, 1.82) is 0 Å². The van der Waals surface area contributed by atoms with Crippen LogP contribution in [0.3, 0.4) is 0 Å². The molecule has 0 saturated carbocycles. The number of aryl methyl sites for hydroxylation is 2. The molecule has 0 aliphatic carbocycles. The van der Waals surface area contributed by atoms with E-state index in [4.69, 9.17) is 4.98 Å². The van der Waals surface area contributed by atoms with Crippen LogP contribution in [0.25, 0.3) is 38.8 Å². The maximum atomic E-state index is 4.93. The van der Waals surface area contributed by atoms with Crippen LogP contribution in [0, 0.1) is 13.8 Å². The summed E-state index contributed by atoms with van der Waals surface area (Å²) in [6.07, 6.45) is 1.94. The van der Waals surface area contributed by atoms with Gasteiger partial charge in [0.15, 0.2) is 0 Å². The molecule has 9 rings (SSSR count). The normalized spacial score (nSPS) is 12.6. The fraction of sp³-hybridized carbons (Fsp3) is 0.0682. The maximum Gasteiger partial charge on any atom is 0.138 e. The van der Waals surface area contributed by atoms with Gasteiger partial charge in [0.2, 0.25) is 0 Å². The van der Waals surface area contributed by atoms with Crippen molar-refractivity contribution in [3.63, 3.8) is 0 Å². The first-order valence-corrected chi connectivity index (χ1v) is 17.5. The van der Waals surface area contributed by atoms with Gasteiger partial charge in [0.1, 0.15) is 12.5 Å². The van der Waals surface area contributed by atoms with Gasteiger partial charge in [-0.15, -0.1) is 0 Å². The zero-order valence-electron chi connectivity index (χ0n) is 27.4. The lowest BCUT2D eigenvalue weighted by Crippen LogP contribution is -2.23. The third-order valence-electron chi connectivity index (χ3n) is 9.57. The van der Waals surface area contributed by atoms with E-state index in [9.17, 15) is 0 Å². The third kappa shape index (κ3) is 5.14. The summed E-state index contributed by atoms with van der Waals surface area (Å²) in [5.41, 5.74) is 12.1. The molecule has 6 aromatic carbocycles. The van der Waals surface area contributed by atoms with Crippen molar-refractivity contribution >= 4 is 56.3 Å². The highest BCUT2D eigenvalue weighted by molar-refractivity contribution is 7.99. The first-order chi connectivity index (χ1) is 24.1. The van der Waals surface area contributed by atoms with Gasteiger partial charge >= 0.3 is 0 Å². The Morgan fingerprint density at radius 2 is 1.18 bits per heavy atom. The van der Waals surface area contributed by atoms with Gasteiger partial charge in [-0.25, -0.2) is 4.98 Å². The Balaban J connectivity index is 1.09. The number of nitrogens with zero attached hydrogens (tertiary/aromatic N) is 4. The molecule has 3 heterocycles. The average molecular weight is 651 g/mol. The Bertz CT molecular complexity index is 2480. The number of anilines is 4. The molecule has 0 fully saturated rings. The smallest absolute Gasteiger partial charge is 0.138 e. The molecule has 1 aliphatic rings. The zero-order chi connectivity index (χ0) is 32.9. The monoisotopic (exact) mass is 650 g/mol. The summed E-state index contributed by atoms with van der Waals surface area (Å²) >= 11 is 1.80. The average Bonchev–Trinajstić information content (AvgIpc) is 3.68. The van der Waals surface area contributed by atoms with Crippen molar-refractivity contribution < 1.29 is 0 Å². The molecule has 1 aliphatic heterocycles. The van der Waals surface area contributed by atoms with E-state index in [1.807, 2.05) is 6.20 Å². The molecule has 4 nitrogen and oxygen atoms in total. The minimum absolute atomic E-state index is 0.762. The molecule has 2 aromatic heterocycles. The highest BCUT2D eigenvalue weighted by Crippen LogP contribution is 2.45.